The van der Waals surface area contributed by atoms with E-state index in [9.17, 15) is 5.11 Å². The van der Waals surface area contributed by atoms with E-state index >= 15 is 0 Å². The number of anilines is 3. The van der Waals surface area contributed by atoms with Gasteiger partial charge in [0.25, 0.3) is 0 Å². The van der Waals surface area contributed by atoms with E-state index in [0.29, 0.717) is 47.3 Å². The molecule has 1 atom stereocenters. The maximum absolute atomic E-state index is 10.1. The molecule has 2 aromatic heterocycles. The third kappa shape index (κ3) is 4.86. The number of rotatable bonds is 8. The van der Waals surface area contributed by atoms with Gasteiger partial charge in [0.05, 0.1) is 24.7 Å². The third-order valence-corrected chi connectivity index (χ3v) is 4.56. The van der Waals surface area contributed by atoms with Crippen LogP contribution in [0.4, 0.5) is 17.5 Å². The van der Waals surface area contributed by atoms with Gasteiger partial charge < -0.3 is 30.8 Å². The van der Waals surface area contributed by atoms with Crippen LogP contribution in [0.2, 0.25) is 0 Å². The molecular formula is C20H29N7O2. The smallest absolute Gasteiger partial charge is 0.226 e. The van der Waals surface area contributed by atoms with Gasteiger partial charge in [-0.25, -0.2) is 4.98 Å². The van der Waals surface area contributed by atoms with E-state index in [-0.39, 0.29) is 6.04 Å². The van der Waals surface area contributed by atoms with Crippen molar-refractivity contribution in [1.82, 2.24) is 19.5 Å². The minimum atomic E-state index is -0.784. The van der Waals surface area contributed by atoms with Crippen LogP contribution >= 0.6 is 0 Å². The standard InChI is InChI=1S/C20H29N7O2/c1-12(9-20(2,3)28)24-19-25-17(16-18(26-19)27(4)11-23-16)22-10-13-7-6-8-14(29-5)15(13)21/h6-8,11-12,28H,9-10,21H2,1-5H3,(H2,22,24,25,26). The Morgan fingerprint density at radius 1 is 1.31 bits per heavy atom. The van der Waals surface area contributed by atoms with Gasteiger partial charge >= 0.3 is 0 Å². The Balaban J connectivity index is 1.87. The van der Waals surface area contributed by atoms with Gasteiger partial charge in [0.1, 0.15) is 5.75 Å². The van der Waals surface area contributed by atoms with Gasteiger partial charge in [0.2, 0.25) is 5.95 Å². The molecule has 0 aliphatic rings. The maximum Gasteiger partial charge on any atom is 0.226 e. The van der Waals surface area contributed by atoms with Crippen molar-refractivity contribution in [3.8, 4) is 5.75 Å². The molecule has 3 aromatic rings. The predicted octanol–water partition coefficient (Wildman–Crippen LogP) is 2.53. The van der Waals surface area contributed by atoms with Crippen LogP contribution < -0.4 is 21.1 Å². The number of nitrogens with two attached hydrogens (primary N) is 1. The molecule has 3 rings (SSSR count). The molecule has 0 aliphatic heterocycles. The first-order valence-corrected chi connectivity index (χ1v) is 9.51. The van der Waals surface area contributed by atoms with E-state index in [2.05, 4.69) is 25.6 Å². The summed E-state index contributed by atoms with van der Waals surface area (Å²) in [5.41, 5.74) is 8.26. The van der Waals surface area contributed by atoms with Gasteiger partial charge in [-0.2, -0.15) is 9.97 Å². The van der Waals surface area contributed by atoms with Crippen LogP contribution in [0.1, 0.15) is 32.8 Å². The molecule has 29 heavy (non-hydrogen) atoms. The number of nitrogen functional groups attached to an aromatic ring is 1. The number of aryl methyl sites for hydroxylation is 1. The highest BCUT2D eigenvalue weighted by molar-refractivity contribution is 5.84. The number of methoxy groups -OCH3 is 1. The average molecular weight is 399 g/mol. The van der Waals surface area contributed by atoms with Gasteiger partial charge in [-0.3, -0.25) is 0 Å². The maximum atomic E-state index is 10.1. The van der Waals surface area contributed by atoms with E-state index in [4.69, 9.17) is 10.5 Å². The van der Waals surface area contributed by atoms with Crippen LogP contribution in [0.25, 0.3) is 11.2 Å². The first-order chi connectivity index (χ1) is 13.7. The van der Waals surface area contributed by atoms with Crippen LogP contribution in [0.15, 0.2) is 24.5 Å². The Hall–Kier alpha value is -3.07. The molecule has 156 valence electrons. The normalized spacial score (nSPS) is 12.8. The number of hydrogen-bond acceptors (Lipinski definition) is 8. The quantitative estimate of drug-likeness (QED) is 0.426. The summed E-state index contributed by atoms with van der Waals surface area (Å²) in [7, 11) is 3.48. The summed E-state index contributed by atoms with van der Waals surface area (Å²) in [4.78, 5) is 13.6. The first-order valence-electron chi connectivity index (χ1n) is 9.51. The second-order valence-electron chi connectivity index (χ2n) is 7.87. The summed E-state index contributed by atoms with van der Waals surface area (Å²) in [5.74, 6) is 1.72. The van der Waals surface area contributed by atoms with E-state index < -0.39 is 5.60 Å². The number of para-hydroxylation sites is 1. The molecule has 0 spiro atoms. The SMILES string of the molecule is COc1cccc(CNc2nc(NC(C)CC(C)(C)O)nc3c2ncn3C)c1N. The number of hydrogen-bond donors (Lipinski definition) is 4. The average Bonchev–Trinajstić information content (AvgIpc) is 3.00. The molecule has 5 N–H and O–H groups in total. The van der Waals surface area contributed by atoms with Crippen molar-refractivity contribution < 1.29 is 9.84 Å². The van der Waals surface area contributed by atoms with Crippen molar-refractivity contribution >= 4 is 28.6 Å². The van der Waals surface area contributed by atoms with Crippen LogP contribution in [-0.2, 0) is 13.6 Å². The van der Waals surface area contributed by atoms with Crippen molar-refractivity contribution in [3.05, 3.63) is 30.1 Å². The molecular weight excluding hydrogens is 370 g/mol. The molecule has 0 saturated heterocycles. The van der Waals surface area contributed by atoms with Gasteiger partial charge in [0.15, 0.2) is 17.0 Å². The first kappa shape index (κ1) is 20.7. The largest absolute Gasteiger partial charge is 0.495 e. The molecule has 0 fully saturated rings. The summed E-state index contributed by atoms with van der Waals surface area (Å²) in [6, 6.07) is 5.65. The van der Waals surface area contributed by atoms with Crippen molar-refractivity contribution in [3.63, 3.8) is 0 Å². The number of nitrogens with one attached hydrogen (secondary N) is 2. The molecule has 1 aromatic carbocycles. The molecule has 0 bridgehead atoms. The zero-order valence-corrected chi connectivity index (χ0v) is 17.5. The van der Waals surface area contributed by atoms with Crippen molar-refractivity contribution in [1.29, 1.82) is 0 Å². The fourth-order valence-electron chi connectivity index (χ4n) is 3.32. The Kier molecular flexibility index (Phi) is 5.78. The summed E-state index contributed by atoms with van der Waals surface area (Å²) in [6.07, 6.45) is 2.26. The lowest BCUT2D eigenvalue weighted by atomic mass is 10.0. The van der Waals surface area contributed by atoms with E-state index in [1.165, 1.54) is 0 Å². The molecule has 0 aliphatic carbocycles. The van der Waals surface area contributed by atoms with Gasteiger partial charge in [-0.1, -0.05) is 12.1 Å². The Bertz CT molecular complexity index is 994. The van der Waals surface area contributed by atoms with Crippen molar-refractivity contribution in [2.45, 2.75) is 45.4 Å². The zero-order valence-electron chi connectivity index (χ0n) is 17.5. The molecule has 9 nitrogen and oxygen atoms in total. The molecule has 0 amide bonds. The topological polar surface area (TPSA) is 123 Å². The number of aliphatic hydroxyl groups is 1. The number of imidazole rings is 1. The predicted molar refractivity (Wildman–Crippen MR) is 115 cm³/mol. The fourth-order valence-corrected chi connectivity index (χ4v) is 3.32. The zero-order chi connectivity index (χ0) is 21.2. The lowest BCUT2D eigenvalue weighted by molar-refractivity contribution is 0.0672. The van der Waals surface area contributed by atoms with Gasteiger partial charge in [-0.15, -0.1) is 0 Å². The second kappa shape index (κ2) is 8.12. The monoisotopic (exact) mass is 399 g/mol. The Labute approximate surface area is 170 Å². The molecule has 2 heterocycles. The number of fused-ring (bicyclic) bond motifs is 1. The minimum Gasteiger partial charge on any atom is -0.495 e. The lowest BCUT2D eigenvalue weighted by Gasteiger charge is -2.23. The highest BCUT2D eigenvalue weighted by Crippen LogP contribution is 2.27. The summed E-state index contributed by atoms with van der Waals surface area (Å²) >= 11 is 0. The molecule has 0 saturated carbocycles. The molecule has 1 unspecified atom stereocenters. The summed E-state index contributed by atoms with van der Waals surface area (Å²) < 4.78 is 7.13. The highest BCUT2D eigenvalue weighted by atomic mass is 16.5. The van der Waals surface area contributed by atoms with Crippen molar-refractivity contribution in [2.75, 3.05) is 23.5 Å². The minimum absolute atomic E-state index is 0.0115. The van der Waals surface area contributed by atoms with Crippen LogP contribution in [0.5, 0.6) is 5.75 Å². The highest BCUT2D eigenvalue weighted by Gasteiger charge is 2.19. The lowest BCUT2D eigenvalue weighted by Crippen LogP contribution is -2.29. The molecule has 0 radical (unpaired) electrons. The summed E-state index contributed by atoms with van der Waals surface area (Å²) in [6.45, 7) is 6.01. The number of benzene rings is 1. The molecule has 9 heteroatoms. The van der Waals surface area contributed by atoms with E-state index in [1.54, 1.807) is 27.3 Å². The van der Waals surface area contributed by atoms with Crippen LogP contribution in [0.3, 0.4) is 0 Å². The number of aromatic nitrogens is 4. The number of nitrogens with zero attached hydrogens (tertiary/aromatic N) is 4. The van der Waals surface area contributed by atoms with Gasteiger partial charge in [0, 0.05) is 19.6 Å². The van der Waals surface area contributed by atoms with Crippen LogP contribution in [0, 0.1) is 0 Å². The van der Waals surface area contributed by atoms with Crippen molar-refractivity contribution in [2.24, 2.45) is 7.05 Å². The van der Waals surface area contributed by atoms with Crippen LogP contribution in [-0.4, -0.2) is 43.4 Å². The second-order valence-corrected chi connectivity index (χ2v) is 7.87. The summed E-state index contributed by atoms with van der Waals surface area (Å²) in [5, 5.41) is 16.6. The number of ether oxygens (including phenoxy) is 1. The Morgan fingerprint density at radius 2 is 2.07 bits per heavy atom. The van der Waals surface area contributed by atoms with Gasteiger partial charge in [-0.05, 0) is 38.8 Å². The third-order valence-electron chi connectivity index (χ3n) is 4.56. The Morgan fingerprint density at radius 3 is 2.76 bits per heavy atom. The van der Waals surface area contributed by atoms with E-state index in [0.717, 1.165) is 5.56 Å². The van der Waals surface area contributed by atoms with E-state index in [1.807, 2.05) is 36.7 Å². The fraction of sp³-hybridized carbons (Fsp3) is 0.450.